The molecule has 3 aromatic carbocycles. The fourth-order valence-electron chi connectivity index (χ4n) is 4.66. The van der Waals surface area contributed by atoms with Crippen LogP contribution < -0.4 is 10.9 Å². The summed E-state index contributed by atoms with van der Waals surface area (Å²) in [5.41, 5.74) is 12.6. The monoisotopic (exact) mass is 437 g/mol. The molecule has 0 bridgehead atoms. The molecule has 1 fully saturated rings. The van der Waals surface area contributed by atoms with Gasteiger partial charge in [-0.2, -0.15) is 5.10 Å². The van der Waals surface area contributed by atoms with E-state index in [1.165, 1.54) is 23.9 Å². The number of hydrogen-bond donors (Lipinski definition) is 2. The molecule has 0 spiro atoms. The SMILES string of the molecule is NSc1ccc(-c2cnn3cc(-c4ccc(C5(N)CCC5)cc4)cnc23)c2ccccc12. The van der Waals surface area contributed by atoms with Crippen LogP contribution in [0.1, 0.15) is 24.8 Å². The van der Waals surface area contributed by atoms with Crippen LogP contribution in [0.3, 0.4) is 0 Å². The summed E-state index contributed by atoms with van der Waals surface area (Å²) in [6, 6.07) is 21.0. The van der Waals surface area contributed by atoms with Crippen molar-refractivity contribution in [2.75, 3.05) is 0 Å². The minimum atomic E-state index is -0.141. The first-order valence-electron chi connectivity index (χ1n) is 10.8. The van der Waals surface area contributed by atoms with Crippen molar-refractivity contribution < 1.29 is 0 Å². The second kappa shape index (κ2) is 7.45. The third kappa shape index (κ3) is 3.03. The number of fused-ring (bicyclic) bond motifs is 2. The van der Waals surface area contributed by atoms with Gasteiger partial charge >= 0.3 is 0 Å². The molecule has 0 radical (unpaired) electrons. The fraction of sp³-hybridized carbons (Fsp3) is 0.154. The Morgan fingerprint density at radius 2 is 1.62 bits per heavy atom. The zero-order chi connectivity index (χ0) is 21.7. The van der Waals surface area contributed by atoms with E-state index in [1.807, 2.05) is 35.2 Å². The van der Waals surface area contributed by atoms with E-state index in [4.69, 9.17) is 15.9 Å². The predicted octanol–water partition coefficient (Wildman–Crippen LogP) is 5.52. The van der Waals surface area contributed by atoms with Crippen LogP contribution in [0.2, 0.25) is 0 Å². The lowest BCUT2D eigenvalue weighted by Gasteiger charge is -2.38. The summed E-state index contributed by atoms with van der Waals surface area (Å²) in [5.74, 6) is 0. The van der Waals surface area contributed by atoms with Gasteiger partial charge in [0.1, 0.15) is 0 Å². The van der Waals surface area contributed by atoms with Crippen LogP contribution in [-0.2, 0) is 5.54 Å². The van der Waals surface area contributed by atoms with Crippen molar-refractivity contribution in [2.45, 2.75) is 29.7 Å². The lowest BCUT2D eigenvalue weighted by atomic mass is 9.72. The Labute approximate surface area is 190 Å². The molecule has 158 valence electrons. The Morgan fingerprint density at radius 3 is 2.34 bits per heavy atom. The van der Waals surface area contributed by atoms with Gasteiger partial charge in [-0.25, -0.2) is 9.50 Å². The first-order valence-corrected chi connectivity index (χ1v) is 11.7. The van der Waals surface area contributed by atoms with Crippen molar-refractivity contribution in [3.63, 3.8) is 0 Å². The van der Waals surface area contributed by atoms with Gasteiger partial charge in [0.05, 0.1) is 6.20 Å². The van der Waals surface area contributed by atoms with E-state index in [9.17, 15) is 0 Å². The summed E-state index contributed by atoms with van der Waals surface area (Å²) in [7, 11) is 0. The summed E-state index contributed by atoms with van der Waals surface area (Å²) in [6.07, 6.45) is 9.19. The molecule has 1 aliphatic rings. The molecule has 0 unspecified atom stereocenters. The summed E-state index contributed by atoms with van der Waals surface area (Å²) in [6.45, 7) is 0. The van der Waals surface area contributed by atoms with Crippen LogP contribution in [0.4, 0.5) is 0 Å². The van der Waals surface area contributed by atoms with E-state index in [0.717, 1.165) is 56.4 Å². The first-order chi connectivity index (χ1) is 15.7. The van der Waals surface area contributed by atoms with Gasteiger partial charge < -0.3 is 5.73 Å². The van der Waals surface area contributed by atoms with Crippen molar-refractivity contribution >= 4 is 28.4 Å². The molecule has 0 amide bonds. The van der Waals surface area contributed by atoms with Gasteiger partial charge in [-0.15, -0.1) is 0 Å². The van der Waals surface area contributed by atoms with Crippen molar-refractivity contribution in [1.29, 1.82) is 0 Å². The molecule has 32 heavy (non-hydrogen) atoms. The van der Waals surface area contributed by atoms with Crippen LogP contribution in [0, 0.1) is 0 Å². The molecule has 6 heteroatoms. The van der Waals surface area contributed by atoms with Crippen molar-refractivity contribution in [2.24, 2.45) is 10.9 Å². The molecular weight excluding hydrogens is 414 g/mol. The average molecular weight is 438 g/mol. The maximum atomic E-state index is 6.47. The van der Waals surface area contributed by atoms with E-state index < -0.39 is 0 Å². The number of hydrogen-bond acceptors (Lipinski definition) is 5. The van der Waals surface area contributed by atoms with Crippen LogP contribution >= 0.6 is 11.9 Å². The Balaban J connectivity index is 1.40. The molecule has 4 N–H and O–H groups in total. The smallest absolute Gasteiger partial charge is 0.162 e. The molecule has 5 nitrogen and oxygen atoms in total. The third-order valence-corrected chi connectivity index (χ3v) is 7.31. The molecule has 0 saturated heterocycles. The zero-order valence-electron chi connectivity index (χ0n) is 17.5. The molecule has 5 aromatic rings. The minimum Gasteiger partial charge on any atom is -0.321 e. The molecule has 6 rings (SSSR count). The topological polar surface area (TPSA) is 82.2 Å². The van der Waals surface area contributed by atoms with Crippen molar-refractivity contribution in [1.82, 2.24) is 14.6 Å². The number of nitrogens with zero attached hydrogens (tertiary/aromatic N) is 3. The molecule has 2 heterocycles. The van der Waals surface area contributed by atoms with Gasteiger partial charge in [0, 0.05) is 34.0 Å². The van der Waals surface area contributed by atoms with Gasteiger partial charge in [0.15, 0.2) is 5.65 Å². The standard InChI is InChI=1S/C26H23N5S/c27-26(12-3-13-26)19-8-6-17(7-9-19)18-14-29-25-23(15-30-31(25)16-18)21-10-11-24(32-28)22-5-2-1-4-20(21)22/h1-2,4-11,14-16H,3,12-13,27-28H2. The van der Waals surface area contributed by atoms with Crippen LogP contribution in [0.5, 0.6) is 0 Å². The van der Waals surface area contributed by atoms with Crippen molar-refractivity contribution in [3.05, 3.63) is 84.8 Å². The van der Waals surface area contributed by atoms with Gasteiger partial charge in [0.2, 0.25) is 0 Å². The normalized spacial score (nSPS) is 15.2. The lowest BCUT2D eigenvalue weighted by Crippen LogP contribution is -2.43. The Morgan fingerprint density at radius 1 is 0.844 bits per heavy atom. The highest BCUT2D eigenvalue weighted by atomic mass is 32.2. The molecular formula is C26H23N5S. The van der Waals surface area contributed by atoms with Crippen molar-refractivity contribution in [3.8, 4) is 22.3 Å². The molecule has 1 saturated carbocycles. The molecule has 0 atom stereocenters. The van der Waals surface area contributed by atoms with Crippen LogP contribution in [0.25, 0.3) is 38.7 Å². The Hall–Kier alpha value is -3.19. The highest BCUT2D eigenvalue weighted by Crippen LogP contribution is 2.39. The Bertz CT molecular complexity index is 1450. The number of aromatic nitrogens is 3. The lowest BCUT2D eigenvalue weighted by molar-refractivity contribution is 0.253. The second-order valence-electron chi connectivity index (χ2n) is 8.53. The second-order valence-corrected chi connectivity index (χ2v) is 9.21. The third-order valence-electron chi connectivity index (χ3n) is 6.70. The van der Waals surface area contributed by atoms with E-state index in [2.05, 4.69) is 53.6 Å². The van der Waals surface area contributed by atoms with E-state index in [-0.39, 0.29) is 5.54 Å². The van der Waals surface area contributed by atoms with Gasteiger partial charge in [-0.05, 0) is 64.7 Å². The highest BCUT2D eigenvalue weighted by molar-refractivity contribution is 7.97. The van der Waals surface area contributed by atoms with Crippen LogP contribution in [0.15, 0.2) is 84.1 Å². The highest BCUT2D eigenvalue weighted by Gasteiger charge is 2.34. The minimum absolute atomic E-state index is 0.141. The van der Waals surface area contributed by atoms with Crippen LogP contribution in [-0.4, -0.2) is 14.6 Å². The fourth-order valence-corrected chi connectivity index (χ4v) is 5.12. The van der Waals surface area contributed by atoms with E-state index >= 15 is 0 Å². The first kappa shape index (κ1) is 19.5. The van der Waals surface area contributed by atoms with Gasteiger partial charge in [0.25, 0.3) is 0 Å². The number of benzene rings is 3. The van der Waals surface area contributed by atoms with E-state index in [1.54, 1.807) is 0 Å². The number of nitrogens with two attached hydrogens (primary N) is 2. The zero-order valence-corrected chi connectivity index (χ0v) is 18.3. The quantitative estimate of drug-likeness (QED) is 0.362. The molecule has 1 aliphatic carbocycles. The van der Waals surface area contributed by atoms with Gasteiger partial charge in [-0.3, -0.25) is 5.14 Å². The number of rotatable bonds is 4. The summed E-state index contributed by atoms with van der Waals surface area (Å²) >= 11 is 1.27. The molecule has 0 aliphatic heterocycles. The summed E-state index contributed by atoms with van der Waals surface area (Å²) in [5, 5.41) is 12.8. The molecule has 2 aromatic heterocycles. The maximum Gasteiger partial charge on any atom is 0.162 e. The summed E-state index contributed by atoms with van der Waals surface area (Å²) < 4.78 is 1.86. The predicted molar refractivity (Wildman–Crippen MR) is 131 cm³/mol. The largest absolute Gasteiger partial charge is 0.321 e. The average Bonchev–Trinajstić information content (AvgIpc) is 3.25. The summed E-state index contributed by atoms with van der Waals surface area (Å²) in [4.78, 5) is 5.84. The van der Waals surface area contributed by atoms with E-state index in [0.29, 0.717) is 0 Å². The maximum absolute atomic E-state index is 6.47. The van der Waals surface area contributed by atoms with Gasteiger partial charge in [-0.1, -0.05) is 54.6 Å². The Kier molecular flexibility index (Phi) is 4.54.